The number of methoxy groups -OCH3 is 2. The van der Waals surface area contributed by atoms with Gasteiger partial charge in [-0.3, -0.25) is 10.1 Å². The summed E-state index contributed by atoms with van der Waals surface area (Å²) < 4.78 is 15.6. The molecule has 0 atom stereocenters. The van der Waals surface area contributed by atoms with Gasteiger partial charge < -0.3 is 24.1 Å². The second-order valence-electron chi connectivity index (χ2n) is 4.20. The minimum Gasteiger partial charge on any atom is -0.502 e. The van der Waals surface area contributed by atoms with Gasteiger partial charge in [0.25, 0.3) is 0 Å². The first-order chi connectivity index (χ1) is 9.97. The summed E-state index contributed by atoms with van der Waals surface area (Å²) in [5.74, 6) is -0.832. The molecule has 0 aliphatic carbocycles. The van der Waals surface area contributed by atoms with Crippen LogP contribution in [-0.4, -0.2) is 30.3 Å². The van der Waals surface area contributed by atoms with Crippen molar-refractivity contribution >= 4 is 11.8 Å². The van der Waals surface area contributed by atoms with E-state index < -0.39 is 17.4 Å². The van der Waals surface area contributed by atoms with Crippen LogP contribution in [0.3, 0.4) is 0 Å². The number of nitrogens with one attached hydrogen (secondary N) is 1. The number of rotatable bonds is 4. The summed E-state index contributed by atoms with van der Waals surface area (Å²) in [5, 5.41) is 22.0. The molecule has 3 N–H and O–H groups in total. The standard InChI is InChI=1S/C14H15NO6/c1-7(16)15-14-12(18)11(17)13(21-14)9-6-8(19-2)4-5-10(9)20-3/h4-6,17-18H,1-3H3,(H,15,16). The summed E-state index contributed by atoms with van der Waals surface area (Å²) in [5.41, 5.74) is 0.376. The van der Waals surface area contributed by atoms with Crippen molar-refractivity contribution in [3.8, 4) is 34.3 Å². The predicted molar refractivity (Wildman–Crippen MR) is 74.9 cm³/mol. The van der Waals surface area contributed by atoms with Crippen LogP contribution in [0, 0.1) is 0 Å². The Morgan fingerprint density at radius 1 is 1.19 bits per heavy atom. The van der Waals surface area contributed by atoms with Crippen molar-refractivity contribution in [1.29, 1.82) is 0 Å². The summed E-state index contributed by atoms with van der Waals surface area (Å²) >= 11 is 0. The Labute approximate surface area is 120 Å². The summed E-state index contributed by atoms with van der Waals surface area (Å²) in [6, 6.07) is 4.89. The van der Waals surface area contributed by atoms with Crippen LogP contribution in [0.4, 0.5) is 5.88 Å². The van der Waals surface area contributed by atoms with Crippen molar-refractivity contribution in [2.24, 2.45) is 0 Å². The van der Waals surface area contributed by atoms with Gasteiger partial charge in [-0.1, -0.05) is 0 Å². The summed E-state index contributed by atoms with van der Waals surface area (Å²) in [7, 11) is 2.95. The minimum absolute atomic E-state index is 0.0352. The highest BCUT2D eigenvalue weighted by Crippen LogP contribution is 2.48. The molecule has 7 nitrogen and oxygen atoms in total. The Hall–Kier alpha value is -2.83. The van der Waals surface area contributed by atoms with Crippen molar-refractivity contribution in [1.82, 2.24) is 0 Å². The molecular formula is C14H15NO6. The van der Waals surface area contributed by atoms with E-state index in [4.69, 9.17) is 13.9 Å². The maximum absolute atomic E-state index is 11.0. The molecule has 1 amide bonds. The number of carbonyl (C=O) groups excluding carboxylic acids is 1. The molecule has 1 aromatic heterocycles. The highest BCUT2D eigenvalue weighted by Gasteiger charge is 2.24. The van der Waals surface area contributed by atoms with Gasteiger partial charge in [0.1, 0.15) is 11.5 Å². The third-order valence-electron chi connectivity index (χ3n) is 2.80. The first kappa shape index (κ1) is 14.6. The third kappa shape index (κ3) is 2.71. The van der Waals surface area contributed by atoms with Crippen LogP contribution in [0.2, 0.25) is 0 Å². The molecule has 0 fully saturated rings. The second kappa shape index (κ2) is 5.66. The van der Waals surface area contributed by atoms with Gasteiger partial charge in [0.2, 0.25) is 23.3 Å². The maximum atomic E-state index is 11.0. The van der Waals surface area contributed by atoms with Crippen LogP contribution in [0.1, 0.15) is 6.92 Å². The monoisotopic (exact) mass is 293 g/mol. The Morgan fingerprint density at radius 3 is 2.48 bits per heavy atom. The van der Waals surface area contributed by atoms with Gasteiger partial charge in [-0.2, -0.15) is 0 Å². The van der Waals surface area contributed by atoms with E-state index in [1.807, 2.05) is 0 Å². The Bertz CT molecular complexity index is 676. The number of benzene rings is 1. The molecule has 112 valence electrons. The van der Waals surface area contributed by atoms with E-state index in [2.05, 4.69) is 5.32 Å². The van der Waals surface area contributed by atoms with Gasteiger partial charge in [-0.25, -0.2) is 0 Å². The van der Waals surface area contributed by atoms with Crippen LogP contribution in [0.25, 0.3) is 11.3 Å². The molecule has 7 heteroatoms. The molecule has 0 unspecified atom stereocenters. The van der Waals surface area contributed by atoms with E-state index >= 15 is 0 Å². The normalized spacial score (nSPS) is 10.2. The smallest absolute Gasteiger partial charge is 0.246 e. The van der Waals surface area contributed by atoms with Crippen molar-refractivity contribution in [3.63, 3.8) is 0 Å². The fourth-order valence-corrected chi connectivity index (χ4v) is 1.83. The average Bonchev–Trinajstić information content (AvgIpc) is 2.74. The number of hydrogen-bond acceptors (Lipinski definition) is 6. The molecule has 21 heavy (non-hydrogen) atoms. The van der Waals surface area contributed by atoms with E-state index in [9.17, 15) is 15.0 Å². The van der Waals surface area contributed by atoms with Crippen molar-refractivity contribution in [2.75, 3.05) is 19.5 Å². The van der Waals surface area contributed by atoms with E-state index in [1.54, 1.807) is 18.2 Å². The molecule has 0 aliphatic heterocycles. The van der Waals surface area contributed by atoms with E-state index in [-0.39, 0.29) is 11.6 Å². The number of furan rings is 1. The molecular weight excluding hydrogens is 278 g/mol. The third-order valence-corrected chi connectivity index (χ3v) is 2.80. The van der Waals surface area contributed by atoms with Gasteiger partial charge in [-0.05, 0) is 18.2 Å². The first-order valence-electron chi connectivity index (χ1n) is 6.02. The summed E-state index contributed by atoms with van der Waals surface area (Å²) in [6.07, 6.45) is 0. The Morgan fingerprint density at radius 2 is 1.90 bits per heavy atom. The average molecular weight is 293 g/mol. The molecule has 1 aromatic carbocycles. The SMILES string of the molecule is COc1ccc(OC)c(-c2oc(NC(C)=O)c(O)c2O)c1. The second-order valence-corrected chi connectivity index (χ2v) is 4.20. The van der Waals surface area contributed by atoms with Crippen LogP contribution >= 0.6 is 0 Å². The number of carbonyl (C=O) groups is 1. The molecule has 0 aliphatic rings. The van der Waals surface area contributed by atoms with Gasteiger partial charge in [0.15, 0.2) is 5.76 Å². The topological polar surface area (TPSA) is 101 Å². The molecule has 1 heterocycles. The highest BCUT2D eigenvalue weighted by molar-refractivity contribution is 5.91. The van der Waals surface area contributed by atoms with Gasteiger partial charge in [0.05, 0.1) is 19.8 Å². The molecule has 2 rings (SSSR count). The zero-order chi connectivity index (χ0) is 15.6. The van der Waals surface area contributed by atoms with E-state index in [1.165, 1.54) is 21.1 Å². The lowest BCUT2D eigenvalue weighted by Gasteiger charge is -2.08. The summed E-state index contributed by atoms with van der Waals surface area (Å²) in [6.45, 7) is 1.25. The van der Waals surface area contributed by atoms with Gasteiger partial charge in [0, 0.05) is 6.92 Å². The molecule has 0 bridgehead atoms. The van der Waals surface area contributed by atoms with Crippen molar-refractivity contribution < 1.29 is 28.9 Å². The number of anilines is 1. The number of amides is 1. The quantitative estimate of drug-likeness (QED) is 0.799. The van der Waals surface area contributed by atoms with Gasteiger partial charge in [-0.15, -0.1) is 0 Å². The number of hydrogen-bond donors (Lipinski definition) is 3. The van der Waals surface area contributed by atoms with E-state index in [0.717, 1.165) is 0 Å². The molecule has 0 saturated heterocycles. The van der Waals surface area contributed by atoms with Crippen LogP contribution in [0.15, 0.2) is 22.6 Å². The summed E-state index contributed by atoms with van der Waals surface area (Å²) in [4.78, 5) is 11.0. The molecule has 0 spiro atoms. The number of ether oxygens (including phenoxy) is 2. The fraction of sp³-hybridized carbons (Fsp3) is 0.214. The van der Waals surface area contributed by atoms with Crippen LogP contribution < -0.4 is 14.8 Å². The maximum Gasteiger partial charge on any atom is 0.246 e. The fourth-order valence-electron chi connectivity index (χ4n) is 1.83. The molecule has 0 radical (unpaired) electrons. The first-order valence-corrected chi connectivity index (χ1v) is 6.02. The van der Waals surface area contributed by atoms with Crippen LogP contribution in [-0.2, 0) is 4.79 Å². The Kier molecular flexibility index (Phi) is 3.93. The zero-order valence-electron chi connectivity index (χ0n) is 11.8. The van der Waals surface area contributed by atoms with Crippen LogP contribution in [0.5, 0.6) is 23.0 Å². The predicted octanol–water partition coefficient (Wildman–Crippen LogP) is 2.33. The number of aromatic hydroxyl groups is 2. The van der Waals surface area contributed by atoms with E-state index in [0.29, 0.717) is 17.1 Å². The molecule has 2 aromatic rings. The lowest BCUT2D eigenvalue weighted by atomic mass is 10.1. The lowest BCUT2D eigenvalue weighted by molar-refractivity contribution is -0.114. The van der Waals surface area contributed by atoms with Crippen molar-refractivity contribution in [3.05, 3.63) is 18.2 Å². The lowest BCUT2D eigenvalue weighted by Crippen LogP contribution is -2.04. The molecule has 0 saturated carbocycles. The Balaban J connectivity index is 2.58. The van der Waals surface area contributed by atoms with Gasteiger partial charge >= 0.3 is 0 Å². The largest absolute Gasteiger partial charge is 0.502 e. The minimum atomic E-state index is -0.551. The van der Waals surface area contributed by atoms with Crippen molar-refractivity contribution in [2.45, 2.75) is 6.92 Å². The highest BCUT2D eigenvalue weighted by atomic mass is 16.5. The zero-order valence-corrected chi connectivity index (χ0v) is 11.8.